The van der Waals surface area contributed by atoms with Gasteiger partial charge in [0.05, 0.1) is 6.54 Å². The third kappa shape index (κ3) is 4.83. The van der Waals surface area contributed by atoms with Crippen molar-refractivity contribution in [3.05, 3.63) is 17.6 Å². The molecule has 0 aromatic carbocycles. The maximum absolute atomic E-state index is 12.8. The second kappa shape index (κ2) is 8.56. The van der Waals surface area contributed by atoms with Gasteiger partial charge in [-0.1, -0.05) is 26.7 Å². The molecular formula is C15H28N2O3S. The van der Waals surface area contributed by atoms with Crippen molar-refractivity contribution in [3.8, 4) is 0 Å². The number of hydrogen-bond acceptors (Lipinski definition) is 4. The summed E-state index contributed by atoms with van der Waals surface area (Å²) >= 11 is 0. The smallest absolute Gasteiger partial charge is 0.246 e. The van der Waals surface area contributed by atoms with E-state index in [9.17, 15) is 8.42 Å². The monoisotopic (exact) mass is 316 g/mol. The number of nitrogens with zero attached hydrogens (tertiary/aromatic N) is 1. The Balaban J connectivity index is 3.03. The summed E-state index contributed by atoms with van der Waals surface area (Å²) in [4.78, 5) is 0.306. The predicted molar refractivity (Wildman–Crippen MR) is 84.8 cm³/mol. The third-order valence-electron chi connectivity index (χ3n) is 3.41. The van der Waals surface area contributed by atoms with Crippen LogP contribution in [0.2, 0.25) is 0 Å². The van der Waals surface area contributed by atoms with E-state index in [-0.39, 0.29) is 0 Å². The lowest BCUT2D eigenvalue weighted by atomic mass is 10.3. The Labute approximate surface area is 128 Å². The minimum absolute atomic E-state index is 0.306. The van der Waals surface area contributed by atoms with E-state index < -0.39 is 10.0 Å². The van der Waals surface area contributed by atoms with Crippen molar-refractivity contribution in [1.82, 2.24) is 9.62 Å². The predicted octanol–water partition coefficient (Wildman–Crippen LogP) is 2.90. The average molecular weight is 316 g/mol. The van der Waals surface area contributed by atoms with E-state index in [0.717, 1.165) is 25.7 Å². The number of nitrogens with one attached hydrogen (secondary N) is 1. The zero-order valence-corrected chi connectivity index (χ0v) is 14.4. The number of aryl methyl sites for hydroxylation is 1. The normalized spacial score (nSPS) is 12.2. The summed E-state index contributed by atoms with van der Waals surface area (Å²) in [6, 6.07) is 1.64. The average Bonchev–Trinajstić information content (AvgIpc) is 2.80. The Morgan fingerprint density at radius 1 is 1.19 bits per heavy atom. The SMILES string of the molecule is CCCCN(CCCC)S(=O)(=O)c1cc(CNC)oc1C. The van der Waals surface area contributed by atoms with Crippen LogP contribution in [-0.4, -0.2) is 32.9 Å². The molecule has 0 amide bonds. The maximum atomic E-state index is 12.8. The van der Waals surface area contributed by atoms with E-state index in [2.05, 4.69) is 19.2 Å². The topological polar surface area (TPSA) is 62.6 Å². The van der Waals surface area contributed by atoms with Crippen LogP contribution < -0.4 is 5.32 Å². The highest BCUT2D eigenvalue weighted by molar-refractivity contribution is 7.89. The first-order chi connectivity index (χ1) is 9.97. The molecule has 21 heavy (non-hydrogen) atoms. The number of sulfonamides is 1. The molecule has 0 saturated heterocycles. The number of unbranched alkanes of at least 4 members (excludes halogenated alkanes) is 2. The fraction of sp³-hybridized carbons (Fsp3) is 0.733. The van der Waals surface area contributed by atoms with Gasteiger partial charge in [-0.05, 0) is 26.8 Å². The zero-order chi connectivity index (χ0) is 15.9. The van der Waals surface area contributed by atoms with Gasteiger partial charge in [0.15, 0.2) is 0 Å². The van der Waals surface area contributed by atoms with Crippen LogP contribution in [0.1, 0.15) is 51.1 Å². The Morgan fingerprint density at radius 3 is 2.24 bits per heavy atom. The minimum atomic E-state index is -3.46. The quantitative estimate of drug-likeness (QED) is 0.721. The molecule has 0 radical (unpaired) electrons. The van der Waals surface area contributed by atoms with Gasteiger partial charge in [0, 0.05) is 19.2 Å². The van der Waals surface area contributed by atoms with Crippen LogP contribution in [0.25, 0.3) is 0 Å². The van der Waals surface area contributed by atoms with Gasteiger partial charge in [-0.15, -0.1) is 0 Å². The summed E-state index contributed by atoms with van der Waals surface area (Å²) < 4.78 is 32.8. The minimum Gasteiger partial charge on any atom is -0.464 e. The fourth-order valence-electron chi connectivity index (χ4n) is 2.20. The number of furan rings is 1. The summed E-state index contributed by atoms with van der Waals surface area (Å²) in [5.74, 6) is 1.12. The van der Waals surface area contributed by atoms with Gasteiger partial charge >= 0.3 is 0 Å². The lowest BCUT2D eigenvalue weighted by molar-refractivity contribution is 0.393. The van der Waals surface area contributed by atoms with Gasteiger partial charge in [-0.3, -0.25) is 0 Å². The molecule has 0 saturated carbocycles. The lowest BCUT2D eigenvalue weighted by Gasteiger charge is -2.21. The van der Waals surface area contributed by atoms with Crippen molar-refractivity contribution in [3.63, 3.8) is 0 Å². The van der Waals surface area contributed by atoms with Crippen molar-refractivity contribution >= 4 is 10.0 Å². The van der Waals surface area contributed by atoms with Crippen molar-refractivity contribution in [1.29, 1.82) is 0 Å². The van der Waals surface area contributed by atoms with Crippen LogP contribution in [-0.2, 0) is 16.6 Å². The summed E-state index contributed by atoms with van der Waals surface area (Å²) in [6.07, 6.45) is 3.72. The molecule has 0 spiro atoms. The Bertz CT molecular complexity index is 515. The molecule has 0 aliphatic heterocycles. The molecule has 0 unspecified atom stereocenters. The third-order valence-corrected chi connectivity index (χ3v) is 5.42. The molecule has 122 valence electrons. The standard InChI is InChI=1S/C15H28N2O3S/c1-5-7-9-17(10-8-6-2)21(18,19)15-11-14(12-16-4)20-13(15)3/h11,16H,5-10,12H2,1-4H3. The van der Waals surface area contributed by atoms with Gasteiger partial charge in [-0.25, -0.2) is 8.42 Å². The van der Waals surface area contributed by atoms with Crippen molar-refractivity contribution < 1.29 is 12.8 Å². The molecule has 0 aliphatic carbocycles. The molecule has 1 aromatic heterocycles. The number of hydrogen-bond donors (Lipinski definition) is 1. The van der Waals surface area contributed by atoms with Crippen molar-refractivity contribution in [2.75, 3.05) is 20.1 Å². The molecule has 1 heterocycles. The van der Waals surface area contributed by atoms with Gasteiger partial charge < -0.3 is 9.73 Å². The van der Waals surface area contributed by atoms with E-state index in [1.807, 2.05) is 0 Å². The molecule has 1 aromatic rings. The molecule has 6 heteroatoms. The van der Waals surface area contributed by atoms with Crippen LogP contribution in [0.5, 0.6) is 0 Å². The van der Waals surface area contributed by atoms with E-state index in [1.165, 1.54) is 0 Å². The van der Waals surface area contributed by atoms with Gasteiger partial charge in [0.25, 0.3) is 0 Å². The number of rotatable bonds is 10. The summed E-state index contributed by atoms with van der Waals surface area (Å²) in [6.45, 7) is 7.53. The molecule has 0 bridgehead atoms. The largest absolute Gasteiger partial charge is 0.464 e. The Kier molecular flexibility index (Phi) is 7.42. The van der Waals surface area contributed by atoms with Gasteiger partial charge in [0.2, 0.25) is 10.0 Å². The molecule has 0 aliphatic rings. The van der Waals surface area contributed by atoms with Crippen molar-refractivity contribution in [2.45, 2.75) is 57.9 Å². The van der Waals surface area contributed by atoms with E-state index >= 15 is 0 Å². The van der Waals surface area contributed by atoms with Crippen LogP contribution in [0.15, 0.2) is 15.4 Å². The highest BCUT2D eigenvalue weighted by atomic mass is 32.2. The molecule has 1 N–H and O–H groups in total. The lowest BCUT2D eigenvalue weighted by Crippen LogP contribution is -2.33. The van der Waals surface area contributed by atoms with Crippen LogP contribution in [0, 0.1) is 6.92 Å². The van der Waals surface area contributed by atoms with E-state index in [4.69, 9.17) is 4.42 Å². The molecular weight excluding hydrogens is 288 g/mol. The summed E-state index contributed by atoms with van der Waals surface area (Å²) in [7, 11) is -1.66. The first-order valence-electron chi connectivity index (χ1n) is 7.71. The first-order valence-corrected chi connectivity index (χ1v) is 9.15. The van der Waals surface area contributed by atoms with E-state index in [1.54, 1.807) is 24.3 Å². The fourth-order valence-corrected chi connectivity index (χ4v) is 3.90. The highest BCUT2D eigenvalue weighted by Gasteiger charge is 2.27. The van der Waals surface area contributed by atoms with Crippen LogP contribution in [0.3, 0.4) is 0 Å². The molecule has 1 rings (SSSR count). The molecule has 0 atom stereocenters. The van der Waals surface area contributed by atoms with Crippen molar-refractivity contribution in [2.24, 2.45) is 0 Å². The highest BCUT2D eigenvalue weighted by Crippen LogP contribution is 2.24. The first kappa shape index (κ1) is 18.2. The second-order valence-corrected chi connectivity index (χ2v) is 7.18. The molecule has 5 nitrogen and oxygen atoms in total. The Hall–Kier alpha value is -0.850. The summed E-state index contributed by atoms with van der Waals surface area (Å²) in [5.41, 5.74) is 0. The maximum Gasteiger partial charge on any atom is 0.246 e. The molecule has 0 fully saturated rings. The van der Waals surface area contributed by atoms with Gasteiger partial charge in [-0.2, -0.15) is 4.31 Å². The van der Waals surface area contributed by atoms with Crippen LogP contribution >= 0.6 is 0 Å². The summed E-state index contributed by atoms with van der Waals surface area (Å²) in [5, 5.41) is 2.97. The Morgan fingerprint density at radius 2 is 1.76 bits per heavy atom. The van der Waals surface area contributed by atoms with E-state index in [0.29, 0.717) is 36.1 Å². The van der Waals surface area contributed by atoms with Gasteiger partial charge in [0.1, 0.15) is 16.4 Å². The second-order valence-electron chi connectivity index (χ2n) is 5.27. The zero-order valence-electron chi connectivity index (χ0n) is 13.6. The van der Waals surface area contributed by atoms with Crippen LogP contribution in [0.4, 0.5) is 0 Å².